The van der Waals surface area contributed by atoms with E-state index in [1.165, 1.54) is 16.7 Å². The summed E-state index contributed by atoms with van der Waals surface area (Å²) in [5.41, 5.74) is 4.21. The van der Waals surface area contributed by atoms with Gasteiger partial charge in [-0.15, -0.1) is 0 Å². The molecule has 2 heterocycles. The molecule has 0 aliphatic carbocycles. The van der Waals surface area contributed by atoms with Crippen LogP contribution in [-0.4, -0.2) is 48.1 Å². The molecule has 0 aromatic heterocycles. The highest BCUT2D eigenvalue weighted by molar-refractivity contribution is 5.43. The maximum atomic E-state index is 9.55. The number of rotatable bonds is 1. The minimum atomic E-state index is 0.338. The van der Waals surface area contributed by atoms with Crippen molar-refractivity contribution < 1.29 is 5.11 Å². The highest BCUT2D eigenvalue weighted by atomic mass is 16.3. The molecule has 1 saturated heterocycles. The van der Waals surface area contributed by atoms with Crippen LogP contribution in [0.4, 0.5) is 0 Å². The van der Waals surface area contributed by atoms with Crippen LogP contribution >= 0.6 is 0 Å². The maximum Gasteiger partial charge on any atom is 0.115 e. The minimum Gasteiger partial charge on any atom is -0.508 e. The predicted molar refractivity (Wildman–Crippen MR) is 88.2 cm³/mol. The molecule has 0 amide bonds. The van der Waals surface area contributed by atoms with Gasteiger partial charge in [0.15, 0.2) is 0 Å². The quantitative estimate of drug-likeness (QED) is 0.876. The Balaban J connectivity index is 1.77. The van der Waals surface area contributed by atoms with E-state index in [0.29, 0.717) is 17.7 Å². The Labute approximate surface area is 131 Å². The van der Waals surface area contributed by atoms with E-state index in [9.17, 15) is 5.11 Å². The van der Waals surface area contributed by atoms with Gasteiger partial charge < -0.3 is 10.0 Å². The molecule has 0 bridgehead atoms. The highest BCUT2D eigenvalue weighted by Crippen LogP contribution is 2.40. The summed E-state index contributed by atoms with van der Waals surface area (Å²) in [5, 5.41) is 9.55. The fourth-order valence-electron chi connectivity index (χ4n) is 3.93. The molecule has 2 atom stereocenters. The van der Waals surface area contributed by atoms with Crippen molar-refractivity contribution in [2.75, 3.05) is 33.2 Å². The monoisotopic (exact) mass is 294 g/mol. The van der Waals surface area contributed by atoms with Gasteiger partial charge in [0, 0.05) is 38.1 Å². The summed E-state index contributed by atoms with van der Waals surface area (Å²) in [6.45, 7) is 4.45. The van der Waals surface area contributed by atoms with E-state index in [2.05, 4.69) is 53.2 Å². The molecule has 3 heteroatoms. The third-order valence-electron chi connectivity index (χ3n) is 5.14. The lowest BCUT2D eigenvalue weighted by molar-refractivity contribution is 0.0772. The van der Waals surface area contributed by atoms with Crippen molar-refractivity contribution in [3.63, 3.8) is 0 Å². The molecule has 22 heavy (non-hydrogen) atoms. The third-order valence-corrected chi connectivity index (χ3v) is 5.14. The van der Waals surface area contributed by atoms with Gasteiger partial charge in [0.2, 0.25) is 0 Å². The van der Waals surface area contributed by atoms with Crippen molar-refractivity contribution >= 4 is 0 Å². The number of phenolic OH excluding ortho intramolecular Hbond substituents is 1. The van der Waals surface area contributed by atoms with Crippen LogP contribution in [0.5, 0.6) is 5.75 Å². The van der Waals surface area contributed by atoms with E-state index < -0.39 is 0 Å². The summed E-state index contributed by atoms with van der Waals surface area (Å²) in [7, 11) is 2.21. The van der Waals surface area contributed by atoms with Crippen molar-refractivity contribution in [1.82, 2.24) is 9.80 Å². The van der Waals surface area contributed by atoms with E-state index in [1.54, 1.807) is 12.1 Å². The second kappa shape index (κ2) is 5.41. The van der Waals surface area contributed by atoms with Crippen LogP contribution in [0, 0.1) is 0 Å². The second-order valence-electron chi connectivity index (χ2n) is 6.55. The second-order valence-corrected chi connectivity index (χ2v) is 6.55. The lowest BCUT2D eigenvalue weighted by Crippen LogP contribution is -2.50. The number of hydrogen-bond donors (Lipinski definition) is 1. The number of nitrogens with zero attached hydrogens (tertiary/aromatic N) is 2. The van der Waals surface area contributed by atoms with E-state index in [1.807, 2.05) is 0 Å². The van der Waals surface area contributed by atoms with Gasteiger partial charge in [0.05, 0.1) is 0 Å². The number of aromatic hydroxyl groups is 1. The Bertz CT molecular complexity index is 667. The topological polar surface area (TPSA) is 26.7 Å². The zero-order valence-electron chi connectivity index (χ0n) is 12.9. The first kappa shape index (κ1) is 13.8. The van der Waals surface area contributed by atoms with Crippen molar-refractivity contribution in [3.05, 3.63) is 65.2 Å². The average molecular weight is 294 g/mol. The van der Waals surface area contributed by atoms with Crippen LogP contribution < -0.4 is 0 Å². The van der Waals surface area contributed by atoms with Crippen LogP contribution in [0.25, 0.3) is 0 Å². The first-order valence-corrected chi connectivity index (χ1v) is 8.03. The smallest absolute Gasteiger partial charge is 0.115 e. The van der Waals surface area contributed by atoms with Gasteiger partial charge in [0.1, 0.15) is 5.75 Å². The molecule has 0 saturated carbocycles. The highest BCUT2D eigenvalue weighted by Gasteiger charge is 2.36. The van der Waals surface area contributed by atoms with Crippen molar-refractivity contribution in [2.24, 2.45) is 0 Å². The van der Waals surface area contributed by atoms with Crippen LogP contribution in [0.2, 0.25) is 0 Å². The van der Waals surface area contributed by atoms with E-state index in [0.717, 1.165) is 26.2 Å². The number of benzene rings is 2. The Morgan fingerprint density at radius 3 is 2.41 bits per heavy atom. The summed E-state index contributed by atoms with van der Waals surface area (Å²) in [4.78, 5) is 5.05. The van der Waals surface area contributed by atoms with E-state index in [4.69, 9.17) is 0 Å². The standard InChI is InChI=1S/C19H22N2O/c1-20-10-11-21-12-18(14-6-8-15(22)9-7-14)16-4-2-3-5-17(16)19(21)13-20/h2-9,18-19,22H,10-13H2,1H3/t18-,19+/m0/s1. The van der Waals surface area contributed by atoms with Gasteiger partial charge in [-0.2, -0.15) is 0 Å². The van der Waals surface area contributed by atoms with Gasteiger partial charge in [-0.05, 0) is 35.9 Å². The summed E-state index contributed by atoms with van der Waals surface area (Å²) < 4.78 is 0. The number of phenols is 1. The summed E-state index contributed by atoms with van der Waals surface area (Å²) in [6.07, 6.45) is 0. The fourth-order valence-corrected chi connectivity index (χ4v) is 3.93. The number of hydrogen-bond acceptors (Lipinski definition) is 3. The average Bonchev–Trinajstić information content (AvgIpc) is 2.55. The van der Waals surface area contributed by atoms with Crippen LogP contribution in [0.15, 0.2) is 48.5 Å². The molecule has 1 fully saturated rings. The number of fused-ring (bicyclic) bond motifs is 3. The molecular formula is C19H22N2O. The first-order chi connectivity index (χ1) is 10.7. The van der Waals surface area contributed by atoms with E-state index >= 15 is 0 Å². The normalized spacial score (nSPS) is 25.5. The Morgan fingerprint density at radius 1 is 0.909 bits per heavy atom. The Morgan fingerprint density at radius 2 is 1.64 bits per heavy atom. The third kappa shape index (κ3) is 2.31. The van der Waals surface area contributed by atoms with Crippen molar-refractivity contribution in [2.45, 2.75) is 12.0 Å². The van der Waals surface area contributed by atoms with Crippen molar-refractivity contribution in [3.8, 4) is 5.75 Å². The summed E-state index contributed by atoms with van der Waals surface area (Å²) in [5.74, 6) is 0.738. The summed E-state index contributed by atoms with van der Waals surface area (Å²) in [6, 6.07) is 17.1. The Hall–Kier alpha value is -1.84. The molecule has 2 aliphatic rings. The first-order valence-electron chi connectivity index (χ1n) is 8.03. The lowest BCUT2D eigenvalue weighted by Gasteiger charge is -2.46. The summed E-state index contributed by atoms with van der Waals surface area (Å²) >= 11 is 0. The molecule has 2 aromatic rings. The van der Waals surface area contributed by atoms with Gasteiger partial charge in [0.25, 0.3) is 0 Å². The zero-order valence-corrected chi connectivity index (χ0v) is 12.9. The fraction of sp³-hybridized carbons (Fsp3) is 0.368. The Kier molecular flexibility index (Phi) is 3.40. The molecule has 0 spiro atoms. The zero-order chi connectivity index (χ0) is 15.1. The molecular weight excluding hydrogens is 272 g/mol. The molecule has 3 nitrogen and oxygen atoms in total. The van der Waals surface area contributed by atoms with Crippen LogP contribution in [0.1, 0.15) is 28.7 Å². The molecule has 114 valence electrons. The molecule has 0 unspecified atom stereocenters. The number of likely N-dealkylation sites (N-methyl/N-ethyl adjacent to an activating group) is 1. The van der Waals surface area contributed by atoms with Crippen LogP contribution in [0.3, 0.4) is 0 Å². The predicted octanol–water partition coefficient (Wildman–Crippen LogP) is 2.83. The maximum absolute atomic E-state index is 9.55. The van der Waals surface area contributed by atoms with Crippen molar-refractivity contribution in [1.29, 1.82) is 0 Å². The van der Waals surface area contributed by atoms with Gasteiger partial charge >= 0.3 is 0 Å². The molecule has 0 radical (unpaired) electrons. The molecule has 2 aromatic carbocycles. The SMILES string of the molecule is CN1CCN2C[C@@H](c3ccc(O)cc3)c3ccccc3[C@H]2C1. The lowest BCUT2D eigenvalue weighted by atomic mass is 9.80. The largest absolute Gasteiger partial charge is 0.508 e. The molecule has 2 aliphatic heterocycles. The molecule has 4 rings (SSSR count). The van der Waals surface area contributed by atoms with E-state index in [-0.39, 0.29) is 0 Å². The van der Waals surface area contributed by atoms with Gasteiger partial charge in [-0.25, -0.2) is 0 Å². The van der Waals surface area contributed by atoms with Crippen LogP contribution in [-0.2, 0) is 0 Å². The minimum absolute atomic E-state index is 0.338. The van der Waals surface area contributed by atoms with Gasteiger partial charge in [-0.1, -0.05) is 36.4 Å². The van der Waals surface area contributed by atoms with Gasteiger partial charge in [-0.3, -0.25) is 4.90 Å². The number of piperazine rings is 1. The molecule has 1 N–H and O–H groups in total.